The number of hydrogen-bond acceptors (Lipinski definition) is 4. The van der Waals surface area contributed by atoms with Crippen LogP contribution in [-0.2, 0) is 19.1 Å². The third-order valence-electron chi connectivity index (χ3n) is 4.47. The summed E-state index contributed by atoms with van der Waals surface area (Å²) in [4.78, 5) is 37.8. The normalized spacial score (nSPS) is 30.3. The first-order valence-electron chi connectivity index (χ1n) is 7.63. The second-order valence-corrected chi connectivity index (χ2v) is 6.28. The molecule has 2 rings (SSSR count). The van der Waals surface area contributed by atoms with E-state index < -0.39 is 11.5 Å². The fraction of sp³-hybridized carbons (Fsp3) is 0.800. The van der Waals surface area contributed by atoms with Gasteiger partial charge in [0.2, 0.25) is 11.8 Å². The molecule has 0 bridgehead atoms. The third kappa shape index (κ3) is 3.54. The molecule has 2 saturated heterocycles. The number of hydrogen-bond donors (Lipinski definition) is 1. The molecule has 6 nitrogen and oxygen atoms in total. The maximum absolute atomic E-state index is 12.6. The predicted molar refractivity (Wildman–Crippen MR) is 76.3 cm³/mol. The predicted octanol–water partition coefficient (Wildman–Crippen LogP) is 0.847. The summed E-state index contributed by atoms with van der Waals surface area (Å²) in [6, 6.07) is -0.444. The van der Waals surface area contributed by atoms with Crippen LogP contribution in [0.4, 0.5) is 0 Å². The molecule has 0 unspecified atom stereocenters. The molecule has 118 valence electrons. The van der Waals surface area contributed by atoms with Crippen molar-refractivity contribution in [2.24, 2.45) is 5.41 Å². The van der Waals surface area contributed by atoms with E-state index in [9.17, 15) is 14.4 Å². The zero-order chi connectivity index (χ0) is 15.5. The van der Waals surface area contributed by atoms with Gasteiger partial charge in [0.05, 0.1) is 12.5 Å². The Morgan fingerprint density at radius 2 is 2.10 bits per heavy atom. The molecule has 21 heavy (non-hydrogen) atoms. The minimum Gasteiger partial charge on any atom is -0.469 e. The number of nitrogens with one attached hydrogen (secondary N) is 1. The van der Waals surface area contributed by atoms with Crippen molar-refractivity contribution in [2.75, 3.05) is 20.2 Å². The number of methoxy groups -OCH3 is 1. The summed E-state index contributed by atoms with van der Waals surface area (Å²) in [6.07, 6.45) is 4.37. The van der Waals surface area contributed by atoms with Gasteiger partial charge in [-0.25, -0.2) is 0 Å². The van der Waals surface area contributed by atoms with Crippen molar-refractivity contribution < 1.29 is 19.1 Å². The average Bonchev–Trinajstić information content (AvgIpc) is 2.70. The molecule has 6 heteroatoms. The van der Waals surface area contributed by atoms with Crippen molar-refractivity contribution in [1.29, 1.82) is 0 Å². The fourth-order valence-corrected chi connectivity index (χ4v) is 3.22. The van der Waals surface area contributed by atoms with E-state index in [2.05, 4.69) is 5.32 Å². The molecule has 0 aromatic carbocycles. The van der Waals surface area contributed by atoms with Crippen LogP contribution in [-0.4, -0.2) is 48.9 Å². The second-order valence-electron chi connectivity index (χ2n) is 6.28. The molecule has 2 atom stereocenters. The quantitative estimate of drug-likeness (QED) is 0.766. The number of carbonyl (C=O) groups is 3. The lowest BCUT2D eigenvalue weighted by atomic mass is 9.81. The summed E-state index contributed by atoms with van der Waals surface area (Å²) in [5.41, 5.74) is -0.641. The van der Waals surface area contributed by atoms with Crippen molar-refractivity contribution in [3.8, 4) is 0 Å². The molecule has 2 amide bonds. The van der Waals surface area contributed by atoms with Gasteiger partial charge in [0.1, 0.15) is 6.04 Å². The van der Waals surface area contributed by atoms with E-state index in [1.165, 1.54) is 7.11 Å². The van der Waals surface area contributed by atoms with Crippen molar-refractivity contribution in [1.82, 2.24) is 10.2 Å². The molecule has 1 N–H and O–H groups in total. The van der Waals surface area contributed by atoms with E-state index >= 15 is 0 Å². The Morgan fingerprint density at radius 3 is 2.81 bits per heavy atom. The summed E-state index contributed by atoms with van der Waals surface area (Å²) in [5.74, 6) is -0.399. The first-order chi connectivity index (χ1) is 9.96. The summed E-state index contributed by atoms with van der Waals surface area (Å²) >= 11 is 0. The Labute approximate surface area is 125 Å². The minimum atomic E-state index is -0.641. The van der Waals surface area contributed by atoms with Gasteiger partial charge in [0.15, 0.2) is 0 Å². The molecule has 0 aromatic rings. The summed E-state index contributed by atoms with van der Waals surface area (Å²) in [5, 5.41) is 2.80. The average molecular weight is 296 g/mol. The smallest absolute Gasteiger partial charge is 0.313 e. The summed E-state index contributed by atoms with van der Waals surface area (Å²) in [6.45, 7) is 2.84. The van der Waals surface area contributed by atoms with Crippen LogP contribution < -0.4 is 5.32 Å². The molecule has 0 aliphatic carbocycles. The lowest BCUT2D eigenvalue weighted by Gasteiger charge is -2.39. The van der Waals surface area contributed by atoms with Crippen LogP contribution in [0.1, 0.15) is 45.4 Å². The van der Waals surface area contributed by atoms with Crippen LogP contribution in [0.5, 0.6) is 0 Å². The van der Waals surface area contributed by atoms with E-state index in [1.807, 2.05) is 6.92 Å². The van der Waals surface area contributed by atoms with Crippen molar-refractivity contribution in [3.63, 3.8) is 0 Å². The SMILES string of the molecule is COC(=O)[C@@]1(C)CCCN(C(=O)[C@H]2CCCCC(=O)N2)C1. The zero-order valence-electron chi connectivity index (χ0n) is 12.8. The van der Waals surface area contributed by atoms with Gasteiger partial charge in [0.25, 0.3) is 0 Å². The van der Waals surface area contributed by atoms with Crippen LogP contribution >= 0.6 is 0 Å². The lowest BCUT2D eigenvalue weighted by Crippen LogP contribution is -2.54. The molecule has 2 aliphatic rings. The number of rotatable bonds is 2. The van der Waals surface area contributed by atoms with Gasteiger partial charge in [0, 0.05) is 19.5 Å². The first-order valence-corrected chi connectivity index (χ1v) is 7.63. The van der Waals surface area contributed by atoms with E-state index in [1.54, 1.807) is 4.90 Å². The second kappa shape index (κ2) is 6.45. The number of ether oxygens (including phenoxy) is 1. The van der Waals surface area contributed by atoms with Gasteiger partial charge in [-0.1, -0.05) is 6.42 Å². The maximum atomic E-state index is 12.6. The summed E-state index contributed by atoms with van der Waals surface area (Å²) in [7, 11) is 1.37. The highest BCUT2D eigenvalue weighted by atomic mass is 16.5. The number of amides is 2. The van der Waals surface area contributed by atoms with Crippen LogP contribution in [0.3, 0.4) is 0 Å². The molecule has 2 aliphatic heterocycles. The van der Waals surface area contributed by atoms with Gasteiger partial charge >= 0.3 is 5.97 Å². The van der Waals surface area contributed by atoms with E-state index in [0.29, 0.717) is 25.9 Å². The van der Waals surface area contributed by atoms with Gasteiger partial charge < -0.3 is 15.0 Å². The molecule has 2 fully saturated rings. The topological polar surface area (TPSA) is 75.7 Å². The molecule has 0 aromatic heterocycles. The van der Waals surface area contributed by atoms with E-state index in [4.69, 9.17) is 4.74 Å². The monoisotopic (exact) mass is 296 g/mol. The minimum absolute atomic E-state index is 0.0569. The number of piperidine rings is 1. The van der Waals surface area contributed by atoms with Crippen LogP contribution in [0.25, 0.3) is 0 Å². The fourth-order valence-electron chi connectivity index (χ4n) is 3.22. The summed E-state index contributed by atoms with van der Waals surface area (Å²) < 4.78 is 4.86. The Kier molecular flexibility index (Phi) is 4.85. The van der Waals surface area contributed by atoms with Gasteiger partial charge in [-0.2, -0.15) is 0 Å². The number of likely N-dealkylation sites (tertiary alicyclic amines) is 1. The Balaban J connectivity index is 2.04. The van der Waals surface area contributed by atoms with Crippen molar-refractivity contribution in [2.45, 2.75) is 51.5 Å². The van der Waals surface area contributed by atoms with Crippen LogP contribution in [0, 0.1) is 5.41 Å². The molecule has 2 heterocycles. The maximum Gasteiger partial charge on any atom is 0.313 e. The third-order valence-corrected chi connectivity index (χ3v) is 4.47. The van der Waals surface area contributed by atoms with E-state index in [-0.39, 0.29) is 17.8 Å². The Morgan fingerprint density at radius 1 is 1.33 bits per heavy atom. The molecular weight excluding hydrogens is 272 g/mol. The standard InChI is InChI=1S/C15H24N2O4/c1-15(14(20)21-2)8-5-9-17(10-15)13(19)11-6-3-4-7-12(18)16-11/h11H,3-10H2,1-2H3,(H,16,18)/t11-,15+/m1/s1. The number of carbonyl (C=O) groups excluding carboxylic acids is 3. The number of nitrogens with zero attached hydrogens (tertiary/aromatic N) is 1. The molecular formula is C15H24N2O4. The van der Waals surface area contributed by atoms with Gasteiger partial charge in [-0.15, -0.1) is 0 Å². The largest absolute Gasteiger partial charge is 0.469 e. The first kappa shape index (κ1) is 15.8. The molecule has 0 saturated carbocycles. The number of esters is 1. The zero-order valence-corrected chi connectivity index (χ0v) is 12.8. The highest BCUT2D eigenvalue weighted by molar-refractivity contribution is 5.88. The van der Waals surface area contributed by atoms with Crippen molar-refractivity contribution >= 4 is 17.8 Å². The van der Waals surface area contributed by atoms with Gasteiger partial charge in [-0.3, -0.25) is 14.4 Å². The van der Waals surface area contributed by atoms with Crippen LogP contribution in [0.15, 0.2) is 0 Å². The van der Waals surface area contributed by atoms with Crippen LogP contribution in [0.2, 0.25) is 0 Å². The highest BCUT2D eigenvalue weighted by Gasteiger charge is 2.41. The Hall–Kier alpha value is -1.59. The van der Waals surface area contributed by atoms with Crippen molar-refractivity contribution in [3.05, 3.63) is 0 Å². The lowest BCUT2D eigenvalue weighted by molar-refractivity contribution is -0.157. The van der Waals surface area contributed by atoms with E-state index in [0.717, 1.165) is 25.7 Å². The Bertz CT molecular complexity index is 437. The van der Waals surface area contributed by atoms with Gasteiger partial charge in [-0.05, 0) is 32.6 Å². The molecule has 0 radical (unpaired) electrons. The molecule has 0 spiro atoms. The highest BCUT2D eigenvalue weighted by Crippen LogP contribution is 2.31.